The lowest BCUT2D eigenvalue weighted by Crippen LogP contribution is -2.50. The molecule has 1 heterocycles. The molecule has 0 N–H and O–H groups in total. The SMILES string of the molecule is COc1cc(CCC(=O)N2CCN(S(=O)(=O)c3c(Cl)cccc3Cl)CC2)cc(OC)c1. The third-order valence-corrected chi connectivity index (χ3v) is 8.00. The Balaban J connectivity index is 1.60. The van der Waals surface area contributed by atoms with Gasteiger partial charge in [-0.2, -0.15) is 4.31 Å². The van der Waals surface area contributed by atoms with Crippen molar-refractivity contribution in [3.63, 3.8) is 0 Å². The van der Waals surface area contributed by atoms with Gasteiger partial charge in [0.25, 0.3) is 0 Å². The van der Waals surface area contributed by atoms with Crippen molar-refractivity contribution in [1.82, 2.24) is 9.21 Å². The van der Waals surface area contributed by atoms with Gasteiger partial charge in [0.2, 0.25) is 15.9 Å². The summed E-state index contributed by atoms with van der Waals surface area (Å²) in [6.07, 6.45) is 0.833. The number of methoxy groups -OCH3 is 2. The van der Waals surface area contributed by atoms with Crippen molar-refractivity contribution in [2.75, 3.05) is 40.4 Å². The molecule has 0 aromatic heterocycles. The standard InChI is InChI=1S/C21H24Cl2N2O5S/c1-29-16-12-15(13-17(14-16)30-2)6-7-20(26)24-8-10-25(11-9-24)31(27,28)21-18(22)4-3-5-19(21)23/h3-5,12-14H,6-11H2,1-2H3. The van der Waals surface area contributed by atoms with Crippen LogP contribution in [0.15, 0.2) is 41.3 Å². The van der Waals surface area contributed by atoms with Crippen LogP contribution in [-0.4, -0.2) is 63.9 Å². The van der Waals surface area contributed by atoms with E-state index in [1.165, 1.54) is 16.4 Å². The van der Waals surface area contributed by atoms with Crippen molar-refractivity contribution < 1.29 is 22.7 Å². The molecule has 31 heavy (non-hydrogen) atoms. The van der Waals surface area contributed by atoms with Gasteiger partial charge < -0.3 is 14.4 Å². The first-order chi connectivity index (χ1) is 14.8. The van der Waals surface area contributed by atoms with E-state index >= 15 is 0 Å². The zero-order valence-corrected chi connectivity index (χ0v) is 19.6. The zero-order chi connectivity index (χ0) is 22.6. The molecular formula is C21H24Cl2N2O5S. The monoisotopic (exact) mass is 486 g/mol. The number of hydrogen-bond acceptors (Lipinski definition) is 5. The number of rotatable bonds is 7. The van der Waals surface area contributed by atoms with Crippen LogP contribution in [0.2, 0.25) is 10.0 Å². The van der Waals surface area contributed by atoms with Gasteiger partial charge >= 0.3 is 0 Å². The molecule has 3 rings (SSSR count). The number of benzene rings is 2. The maximum atomic E-state index is 13.0. The Morgan fingerprint density at radius 3 is 2.03 bits per heavy atom. The van der Waals surface area contributed by atoms with E-state index in [4.69, 9.17) is 32.7 Å². The van der Waals surface area contributed by atoms with Crippen LogP contribution in [0.3, 0.4) is 0 Å². The molecule has 2 aromatic carbocycles. The van der Waals surface area contributed by atoms with Crippen LogP contribution in [0.5, 0.6) is 11.5 Å². The summed E-state index contributed by atoms with van der Waals surface area (Å²) in [7, 11) is -0.687. The smallest absolute Gasteiger partial charge is 0.246 e. The molecule has 1 fully saturated rings. The average molecular weight is 487 g/mol. The first-order valence-electron chi connectivity index (χ1n) is 9.70. The minimum absolute atomic E-state index is 0.0328. The predicted molar refractivity (Wildman–Crippen MR) is 120 cm³/mol. The topological polar surface area (TPSA) is 76.2 Å². The molecule has 168 valence electrons. The summed E-state index contributed by atoms with van der Waals surface area (Å²) in [4.78, 5) is 14.3. The molecule has 10 heteroatoms. The summed E-state index contributed by atoms with van der Waals surface area (Å²) in [5.41, 5.74) is 0.930. The second-order valence-corrected chi connectivity index (χ2v) is 9.75. The van der Waals surface area contributed by atoms with Gasteiger partial charge in [-0.3, -0.25) is 4.79 Å². The highest BCUT2D eigenvalue weighted by atomic mass is 35.5. The quantitative estimate of drug-likeness (QED) is 0.598. The maximum Gasteiger partial charge on any atom is 0.246 e. The lowest BCUT2D eigenvalue weighted by atomic mass is 10.1. The van der Waals surface area contributed by atoms with Crippen molar-refractivity contribution in [2.24, 2.45) is 0 Å². The number of sulfonamides is 1. The third kappa shape index (κ3) is 5.44. The highest BCUT2D eigenvalue weighted by Gasteiger charge is 2.32. The van der Waals surface area contributed by atoms with E-state index < -0.39 is 10.0 Å². The zero-order valence-electron chi connectivity index (χ0n) is 17.3. The number of amides is 1. The lowest BCUT2D eigenvalue weighted by Gasteiger charge is -2.34. The lowest BCUT2D eigenvalue weighted by molar-refractivity contribution is -0.132. The fourth-order valence-electron chi connectivity index (χ4n) is 3.46. The molecule has 2 aromatic rings. The van der Waals surface area contributed by atoms with Gasteiger partial charge in [0.15, 0.2) is 0 Å². The van der Waals surface area contributed by atoms with Crippen molar-refractivity contribution >= 4 is 39.1 Å². The van der Waals surface area contributed by atoms with Crippen molar-refractivity contribution in [3.8, 4) is 11.5 Å². The summed E-state index contributed by atoms with van der Waals surface area (Å²) in [6, 6.07) is 10.1. The van der Waals surface area contributed by atoms with Gasteiger partial charge in [0, 0.05) is 38.7 Å². The fraction of sp³-hybridized carbons (Fsp3) is 0.381. The summed E-state index contributed by atoms with van der Waals surface area (Å²) in [5.74, 6) is 1.30. The van der Waals surface area contributed by atoms with Crippen molar-refractivity contribution in [3.05, 3.63) is 52.0 Å². The van der Waals surface area contributed by atoms with Crippen LogP contribution in [0.4, 0.5) is 0 Å². The molecule has 7 nitrogen and oxygen atoms in total. The number of piperazine rings is 1. The first-order valence-corrected chi connectivity index (χ1v) is 11.9. The maximum absolute atomic E-state index is 13.0. The Bertz CT molecular complexity index is 1010. The Hall–Kier alpha value is -2.00. The number of nitrogens with zero attached hydrogens (tertiary/aromatic N) is 2. The molecular weight excluding hydrogens is 463 g/mol. The van der Waals surface area contributed by atoms with Gasteiger partial charge in [0.1, 0.15) is 16.4 Å². The van der Waals surface area contributed by atoms with Gasteiger partial charge in [-0.05, 0) is 36.2 Å². The van der Waals surface area contributed by atoms with E-state index in [0.717, 1.165) is 5.56 Å². The van der Waals surface area contributed by atoms with E-state index in [9.17, 15) is 13.2 Å². The molecule has 0 saturated carbocycles. The van der Waals surface area contributed by atoms with Gasteiger partial charge in [-0.15, -0.1) is 0 Å². The van der Waals surface area contributed by atoms with E-state index in [1.54, 1.807) is 31.3 Å². The normalized spacial score (nSPS) is 15.0. The molecule has 0 radical (unpaired) electrons. The summed E-state index contributed by atoms with van der Waals surface area (Å²) in [5, 5.41) is 0.166. The van der Waals surface area contributed by atoms with Crippen LogP contribution in [0.1, 0.15) is 12.0 Å². The number of ether oxygens (including phenoxy) is 2. The summed E-state index contributed by atoms with van der Waals surface area (Å²) in [6.45, 7) is 0.981. The molecule has 0 atom stereocenters. The molecule has 1 saturated heterocycles. The van der Waals surface area contributed by atoms with Crippen LogP contribution >= 0.6 is 23.2 Å². The van der Waals surface area contributed by atoms with Gasteiger partial charge in [-0.1, -0.05) is 29.3 Å². The Morgan fingerprint density at radius 1 is 0.968 bits per heavy atom. The molecule has 1 aliphatic rings. The Morgan fingerprint density at radius 2 is 1.52 bits per heavy atom. The summed E-state index contributed by atoms with van der Waals surface area (Å²) >= 11 is 12.2. The predicted octanol–water partition coefficient (Wildman–Crippen LogP) is 3.48. The van der Waals surface area contributed by atoms with Crippen molar-refractivity contribution in [2.45, 2.75) is 17.7 Å². The van der Waals surface area contributed by atoms with Crippen molar-refractivity contribution in [1.29, 1.82) is 0 Å². The highest BCUT2D eigenvalue weighted by Crippen LogP contribution is 2.32. The number of halogens is 2. The minimum atomic E-state index is -3.84. The van der Waals surface area contributed by atoms with Crippen LogP contribution < -0.4 is 9.47 Å². The second kappa shape index (κ2) is 10.1. The van der Waals surface area contributed by atoms with Crippen LogP contribution in [-0.2, 0) is 21.2 Å². The summed E-state index contributed by atoms with van der Waals surface area (Å²) < 4.78 is 37.8. The van der Waals surface area contributed by atoms with Crippen LogP contribution in [0, 0.1) is 0 Å². The number of carbonyl (C=O) groups is 1. The van der Waals surface area contributed by atoms with E-state index in [-0.39, 0.29) is 33.9 Å². The fourth-order valence-corrected chi connectivity index (χ4v) is 5.97. The number of hydrogen-bond donors (Lipinski definition) is 0. The Labute approximate surface area is 192 Å². The molecule has 0 spiro atoms. The van der Waals surface area contributed by atoms with E-state index in [0.29, 0.717) is 37.4 Å². The van der Waals surface area contributed by atoms with Crippen LogP contribution in [0.25, 0.3) is 0 Å². The number of carbonyl (C=O) groups excluding carboxylic acids is 1. The average Bonchev–Trinajstić information content (AvgIpc) is 2.77. The molecule has 0 unspecified atom stereocenters. The molecule has 0 aliphatic carbocycles. The highest BCUT2D eigenvalue weighted by molar-refractivity contribution is 7.89. The first kappa shape index (κ1) is 23.7. The van der Waals surface area contributed by atoms with Gasteiger partial charge in [0.05, 0.1) is 24.3 Å². The molecule has 0 bridgehead atoms. The van der Waals surface area contributed by atoms with E-state index in [1.807, 2.05) is 12.1 Å². The number of aryl methyl sites for hydroxylation is 1. The Kier molecular flexibility index (Phi) is 7.69. The van der Waals surface area contributed by atoms with E-state index in [2.05, 4.69) is 0 Å². The van der Waals surface area contributed by atoms with Gasteiger partial charge in [-0.25, -0.2) is 8.42 Å². The molecule has 1 amide bonds. The minimum Gasteiger partial charge on any atom is -0.497 e. The third-order valence-electron chi connectivity index (χ3n) is 5.15. The second-order valence-electron chi connectivity index (χ2n) is 7.06. The largest absolute Gasteiger partial charge is 0.497 e. The molecule has 1 aliphatic heterocycles.